The molecule has 0 bridgehead atoms. The third kappa shape index (κ3) is 3.25. The highest BCUT2D eigenvalue weighted by Crippen LogP contribution is 2.29. The third-order valence-corrected chi connectivity index (χ3v) is 4.70. The molecule has 0 spiro atoms. The van der Waals surface area contributed by atoms with Crippen molar-refractivity contribution in [1.29, 1.82) is 0 Å². The van der Waals surface area contributed by atoms with Gasteiger partial charge in [-0.3, -0.25) is 4.79 Å². The second kappa shape index (κ2) is 6.04. The van der Waals surface area contributed by atoms with Crippen molar-refractivity contribution in [1.82, 2.24) is 5.32 Å². The summed E-state index contributed by atoms with van der Waals surface area (Å²) in [5.41, 5.74) is 6.46. The second-order valence-electron chi connectivity index (χ2n) is 4.22. The van der Waals surface area contributed by atoms with Crippen LogP contribution in [0.15, 0.2) is 12.1 Å². The molecule has 0 aromatic heterocycles. The Morgan fingerprint density at radius 2 is 2.00 bits per heavy atom. The predicted octanol–water partition coefficient (Wildman–Crippen LogP) is 3.20. The molecule has 0 saturated carbocycles. The van der Waals surface area contributed by atoms with E-state index in [0.717, 1.165) is 24.3 Å². The van der Waals surface area contributed by atoms with Crippen LogP contribution in [0.4, 0.5) is 5.69 Å². The van der Waals surface area contributed by atoms with Crippen LogP contribution in [-0.4, -0.2) is 23.5 Å². The zero-order chi connectivity index (χ0) is 13.1. The molecule has 1 aliphatic heterocycles. The van der Waals surface area contributed by atoms with Gasteiger partial charge in [-0.05, 0) is 36.5 Å². The number of nitrogens with two attached hydrogens (primary N) is 1. The molecule has 1 fully saturated rings. The summed E-state index contributed by atoms with van der Waals surface area (Å²) in [5, 5.41) is 3.54. The minimum Gasteiger partial charge on any atom is -0.399 e. The van der Waals surface area contributed by atoms with Crippen molar-refractivity contribution in [2.24, 2.45) is 0 Å². The van der Waals surface area contributed by atoms with Crippen molar-refractivity contribution < 1.29 is 4.79 Å². The van der Waals surface area contributed by atoms with E-state index in [1.54, 1.807) is 6.07 Å². The Hall–Kier alpha value is -0.580. The summed E-state index contributed by atoms with van der Waals surface area (Å²) >= 11 is 13.8. The van der Waals surface area contributed by atoms with E-state index in [9.17, 15) is 4.79 Å². The van der Waals surface area contributed by atoms with Gasteiger partial charge in [-0.25, -0.2) is 0 Å². The summed E-state index contributed by atoms with van der Waals surface area (Å²) in [6, 6.07) is 3.31. The van der Waals surface area contributed by atoms with Crippen molar-refractivity contribution in [3.8, 4) is 0 Å². The molecule has 1 aliphatic rings. The van der Waals surface area contributed by atoms with E-state index in [-0.39, 0.29) is 17.0 Å². The number of amides is 1. The van der Waals surface area contributed by atoms with Gasteiger partial charge in [0, 0.05) is 11.7 Å². The Kier molecular flexibility index (Phi) is 4.65. The number of rotatable bonds is 2. The number of nitrogens with one attached hydrogen (secondary N) is 1. The Bertz CT molecular complexity index is 462. The lowest BCUT2D eigenvalue weighted by Gasteiger charge is -2.22. The van der Waals surface area contributed by atoms with Gasteiger partial charge in [0.15, 0.2) is 0 Å². The van der Waals surface area contributed by atoms with Crippen LogP contribution in [0, 0.1) is 0 Å². The summed E-state index contributed by atoms with van der Waals surface area (Å²) in [5.74, 6) is 1.96. The van der Waals surface area contributed by atoms with Gasteiger partial charge >= 0.3 is 0 Å². The molecular weight excluding hydrogens is 291 g/mol. The van der Waals surface area contributed by atoms with Gasteiger partial charge in [0.25, 0.3) is 5.91 Å². The fourth-order valence-electron chi connectivity index (χ4n) is 1.88. The van der Waals surface area contributed by atoms with Gasteiger partial charge in [-0.1, -0.05) is 23.2 Å². The summed E-state index contributed by atoms with van der Waals surface area (Å²) in [6.45, 7) is 0. The quantitative estimate of drug-likeness (QED) is 0.825. The Morgan fingerprint density at radius 1 is 1.33 bits per heavy atom. The average molecular weight is 305 g/mol. The Labute approximate surface area is 120 Å². The Balaban J connectivity index is 2.13. The van der Waals surface area contributed by atoms with Crippen LogP contribution in [0.25, 0.3) is 0 Å². The minimum atomic E-state index is -0.203. The molecule has 0 radical (unpaired) electrons. The molecule has 1 amide bonds. The summed E-state index contributed by atoms with van der Waals surface area (Å²) < 4.78 is 0. The van der Waals surface area contributed by atoms with E-state index in [0.29, 0.717) is 16.3 Å². The van der Waals surface area contributed by atoms with Gasteiger partial charge in [0.2, 0.25) is 0 Å². The summed E-state index contributed by atoms with van der Waals surface area (Å²) in [6.07, 6.45) is 1.98. The molecule has 3 nitrogen and oxygen atoms in total. The van der Waals surface area contributed by atoms with Gasteiger partial charge < -0.3 is 11.1 Å². The largest absolute Gasteiger partial charge is 0.399 e. The number of benzene rings is 1. The van der Waals surface area contributed by atoms with Crippen molar-refractivity contribution in [3.05, 3.63) is 27.7 Å². The molecular formula is C12H14Cl2N2OS. The van der Waals surface area contributed by atoms with E-state index in [4.69, 9.17) is 28.9 Å². The van der Waals surface area contributed by atoms with Crippen LogP contribution in [0.1, 0.15) is 23.2 Å². The summed E-state index contributed by atoms with van der Waals surface area (Å²) in [4.78, 5) is 12.1. The maximum atomic E-state index is 12.1. The molecule has 18 heavy (non-hydrogen) atoms. The first-order chi connectivity index (χ1) is 8.58. The number of hydrogen-bond donors (Lipinski definition) is 2. The molecule has 0 aliphatic carbocycles. The fraction of sp³-hybridized carbons (Fsp3) is 0.417. The molecule has 6 heteroatoms. The predicted molar refractivity (Wildman–Crippen MR) is 78.7 cm³/mol. The van der Waals surface area contributed by atoms with E-state index in [1.807, 2.05) is 11.8 Å². The Morgan fingerprint density at radius 3 is 2.67 bits per heavy atom. The standard InChI is InChI=1S/C12H14Cl2N2OS/c13-10-6-7(15)5-9(11(10)14)12(17)16-8-1-3-18-4-2-8/h5-6,8H,1-4,15H2,(H,16,17). The molecule has 2 rings (SSSR count). The van der Waals surface area contributed by atoms with Crippen molar-refractivity contribution in [2.75, 3.05) is 17.2 Å². The smallest absolute Gasteiger partial charge is 0.253 e. The lowest BCUT2D eigenvalue weighted by Crippen LogP contribution is -2.37. The van der Waals surface area contributed by atoms with Gasteiger partial charge in [-0.2, -0.15) is 11.8 Å². The zero-order valence-electron chi connectivity index (χ0n) is 9.71. The van der Waals surface area contributed by atoms with Gasteiger partial charge in [0.1, 0.15) is 0 Å². The van der Waals surface area contributed by atoms with Gasteiger partial charge in [0.05, 0.1) is 15.6 Å². The van der Waals surface area contributed by atoms with Gasteiger partial charge in [-0.15, -0.1) is 0 Å². The fourth-order valence-corrected chi connectivity index (χ4v) is 3.41. The first-order valence-electron chi connectivity index (χ1n) is 5.71. The number of anilines is 1. The summed E-state index contributed by atoms with van der Waals surface area (Å²) in [7, 11) is 0. The van der Waals surface area contributed by atoms with Crippen LogP contribution >= 0.6 is 35.0 Å². The molecule has 98 valence electrons. The van der Waals surface area contributed by atoms with Crippen LogP contribution in [0.2, 0.25) is 10.0 Å². The molecule has 3 N–H and O–H groups in total. The van der Waals surface area contributed by atoms with Crippen LogP contribution in [0.3, 0.4) is 0 Å². The molecule has 1 aromatic rings. The van der Waals surface area contributed by atoms with Crippen molar-refractivity contribution in [2.45, 2.75) is 18.9 Å². The topological polar surface area (TPSA) is 55.1 Å². The molecule has 1 aromatic carbocycles. The normalized spacial score (nSPS) is 16.6. The SMILES string of the molecule is Nc1cc(Cl)c(Cl)c(C(=O)NC2CCSCC2)c1. The first kappa shape index (κ1) is 13.8. The number of halogens is 2. The lowest BCUT2D eigenvalue weighted by molar-refractivity contribution is 0.0935. The van der Waals surface area contributed by atoms with Crippen molar-refractivity contribution in [3.63, 3.8) is 0 Å². The van der Waals surface area contributed by atoms with E-state index < -0.39 is 0 Å². The monoisotopic (exact) mass is 304 g/mol. The highest BCUT2D eigenvalue weighted by atomic mass is 35.5. The van der Waals surface area contributed by atoms with Crippen LogP contribution in [-0.2, 0) is 0 Å². The maximum Gasteiger partial charge on any atom is 0.253 e. The number of hydrogen-bond acceptors (Lipinski definition) is 3. The van der Waals surface area contributed by atoms with E-state index in [2.05, 4.69) is 5.32 Å². The first-order valence-corrected chi connectivity index (χ1v) is 7.62. The number of carbonyl (C=O) groups excluding carboxylic acids is 1. The van der Waals surface area contributed by atoms with Crippen LogP contribution < -0.4 is 11.1 Å². The van der Waals surface area contributed by atoms with E-state index in [1.165, 1.54) is 6.07 Å². The number of thioether (sulfide) groups is 1. The van der Waals surface area contributed by atoms with Crippen LogP contribution in [0.5, 0.6) is 0 Å². The second-order valence-corrected chi connectivity index (χ2v) is 6.23. The number of carbonyl (C=O) groups is 1. The zero-order valence-corrected chi connectivity index (χ0v) is 12.0. The number of nitrogen functional groups attached to an aromatic ring is 1. The highest BCUT2D eigenvalue weighted by molar-refractivity contribution is 7.99. The molecule has 0 unspecified atom stereocenters. The van der Waals surface area contributed by atoms with E-state index >= 15 is 0 Å². The lowest BCUT2D eigenvalue weighted by atomic mass is 10.1. The van der Waals surface area contributed by atoms with Crippen molar-refractivity contribution >= 4 is 46.6 Å². The minimum absolute atomic E-state index is 0.203. The average Bonchev–Trinajstić information content (AvgIpc) is 2.35. The molecule has 1 heterocycles. The molecule has 1 saturated heterocycles. The third-order valence-electron chi connectivity index (χ3n) is 2.85. The molecule has 0 atom stereocenters. The maximum absolute atomic E-state index is 12.1. The highest BCUT2D eigenvalue weighted by Gasteiger charge is 2.19.